The minimum atomic E-state index is -0.905. The lowest BCUT2D eigenvalue weighted by Gasteiger charge is -2.30. The van der Waals surface area contributed by atoms with Crippen molar-refractivity contribution in [2.24, 2.45) is 5.92 Å². The molecule has 2 aromatic heterocycles. The summed E-state index contributed by atoms with van der Waals surface area (Å²) in [7, 11) is 2.56. The van der Waals surface area contributed by atoms with Gasteiger partial charge in [-0.2, -0.15) is 0 Å². The average Bonchev–Trinajstić information content (AvgIpc) is 4.13. The number of amides is 4. The van der Waals surface area contributed by atoms with E-state index in [0.717, 1.165) is 82.0 Å². The van der Waals surface area contributed by atoms with E-state index < -0.39 is 24.3 Å². The summed E-state index contributed by atoms with van der Waals surface area (Å²) in [6.07, 6.45) is 5.34. The monoisotopic (exact) mass is 828 g/mol. The summed E-state index contributed by atoms with van der Waals surface area (Å²) in [5, 5.41) is 5.42. The van der Waals surface area contributed by atoms with Gasteiger partial charge in [0.1, 0.15) is 48.4 Å². The molecule has 61 heavy (non-hydrogen) atoms. The number of imidazole rings is 2. The molecule has 0 aliphatic carbocycles. The molecule has 16 nitrogen and oxygen atoms in total. The fraction of sp³-hybridized carbons (Fsp3) is 0.378. The smallest absolute Gasteiger partial charge is 0.407 e. The van der Waals surface area contributed by atoms with Crippen LogP contribution in [0.15, 0.2) is 67.0 Å². The highest BCUT2D eigenvalue weighted by atomic mass is 16.5. The third-order valence-corrected chi connectivity index (χ3v) is 12.1. The summed E-state index contributed by atoms with van der Waals surface area (Å²) in [5.74, 6) is 2.34. The number of aromatic nitrogens is 4. The van der Waals surface area contributed by atoms with E-state index in [9.17, 15) is 19.2 Å². The second-order valence-corrected chi connectivity index (χ2v) is 16.2. The van der Waals surface area contributed by atoms with Crippen LogP contribution in [0.3, 0.4) is 0 Å². The number of carbonyl (C=O) groups excluding carboxylic acids is 4. The Balaban J connectivity index is 0.941. The Kier molecular flexibility index (Phi) is 10.6. The Morgan fingerprint density at radius 2 is 1.23 bits per heavy atom. The summed E-state index contributed by atoms with van der Waals surface area (Å²) in [5.41, 5.74) is 8.00. The van der Waals surface area contributed by atoms with Gasteiger partial charge in [0.05, 0.1) is 50.1 Å². The van der Waals surface area contributed by atoms with Crippen molar-refractivity contribution < 1.29 is 38.1 Å². The van der Waals surface area contributed by atoms with Crippen LogP contribution in [0.5, 0.6) is 11.5 Å². The standard InChI is InChI=1S/C45H48N8O8/c1-24(2)38(50-44(56)58-3)42(54)52-14-8-12-32(52)40-46-20-30(48-40)26-16-28-22-61-35-19-27(17-29-23-60-34(18-26)36(28)37(29)35)31-21-47-41(49-31)33-13-9-15-53(33)43(55)39(51-45(57)59-4)25-10-6-5-7-11-25/h5-7,10-11,16-21,24,32-33,38-39H,8-9,12-15,22-23H2,1-4H3,(H,46,48)(H,47,49)(H,50,56)(H,51,57). The Bertz CT molecular complexity index is 2450. The van der Waals surface area contributed by atoms with Gasteiger partial charge in [-0.15, -0.1) is 0 Å². The molecular weight excluding hydrogens is 781 g/mol. The SMILES string of the molecule is COC(=O)NC(C(=O)N1CCCC1c1ncc(-c2cc3c4c(c2)OCc2cc(-c5cnc(C6CCCN6C(=O)C(NC(=O)OC)C(C)C)[nH]5)cc(c2-4)OC3)[nH]1)c1ccccc1. The zero-order chi connectivity index (χ0) is 42.4. The third kappa shape index (κ3) is 7.40. The maximum Gasteiger partial charge on any atom is 0.407 e. The lowest BCUT2D eigenvalue weighted by Crippen LogP contribution is -2.51. The van der Waals surface area contributed by atoms with Crippen LogP contribution in [0, 0.1) is 5.92 Å². The normalized spacial score (nSPS) is 18.4. The van der Waals surface area contributed by atoms with Crippen molar-refractivity contribution >= 4 is 24.0 Å². The van der Waals surface area contributed by atoms with Crippen LogP contribution in [-0.4, -0.2) is 87.1 Å². The summed E-state index contributed by atoms with van der Waals surface area (Å²) >= 11 is 0. The quantitative estimate of drug-likeness (QED) is 0.117. The van der Waals surface area contributed by atoms with Crippen LogP contribution < -0.4 is 20.1 Å². The van der Waals surface area contributed by atoms with Gasteiger partial charge in [-0.1, -0.05) is 44.2 Å². The highest BCUT2D eigenvalue weighted by molar-refractivity contribution is 5.90. The zero-order valence-corrected chi connectivity index (χ0v) is 34.4. The molecule has 4 aliphatic heterocycles. The second-order valence-electron chi connectivity index (χ2n) is 16.2. The molecule has 16 heteroatoms. The molecule has 9 rings (SSSR count). The minimum absolute atomic E-state index is 0.129. The molecule has 2 fully saturated rings. The van der Waals surface area contributed by atoms with E-state index in [2.05, 4.69) is 32.7 Å². The minimum Gasteiger partial charge on any atom is -0.488 e. The number of carbonyl (C=O) groups is 4. The number of nitrogens with zero attached hydrogens (tertiary/aromatic N) is 4. The van der Waals surface area contributed by atoms with Gasteiger partial charge in [0.25, 0.3) is 5.91 Å². The topological polar surface area (TPSA) is 193 Å². The van der Waals surface area contributed by atoms with Gasteiger partial charge in [0.15, 0.2) is 0 Å². The van der Waals surface area contributed by atoms with Crippen molar-refractivity contribution in [2.75, 3.05) is 27.3 Å². The Hall–Kier alpha value is -6.84. The number of ether oxygens (including phenoxy) is 4. The fourth-order valence-corrected chi connectivity index (χ4v) is 9.08. The van der Waals surface area contributed by atoms with Crippen molar-refractivity contribution in [1.82, 2.24) is 40.4 Å². The zero-order valence-electron chi connectivity index (χ0n) is 34.4. The number of hydrogen-bond donors (Lipinski definition) is 4. The number of benzene rings is 3. The Morgan fingerprint density at radius 3 is 1.74 bits per heavy atom. The summed E-state index contributed by atoms with van der Waals surface area (Å²) < 4.78 is 22.5. The third-order valence-electron chi connectivity index (χ3n) is 12.1. The van der Waals surface area contributed by atoms with E-state index in [0.29, 0.717) is 43.5 Å². The van der Waals surface area contributed by atoms with Crippen LogP contribution in [0.25, 0.3) is 33.6 Å². The number of hydrogen-bond acceptors (Lipinski definition) is 10. The Labute approximate surface area is 352 Å². The van der Waals surface area contributed by atoms with Crippen LogP contribution in [0.2, 0.25) is 0 Å². The number of nitrogens with one attached hydrogen (secondary N) is 4. The largest absolute Gasteiger partial charge is 0.488 e. The number of likely N-dealkylation sites (tertiary alicyclic amines) is 2. The summed E-state index contributed by atoms with van der Waals surface area (Å²) in [4.78, 5) is 72.1. The highest BCUT2D eigenvalue weighted by Crippen LogP contribution is 2.51. The van der Waals surface area contributed by atoms with Gasteiger partial charge in [0.2, 0.25) is 5.91 Å². The molecule has 5 aromatic rings. The Morgan fingerprint density at radius 1 is 0.721 bits per heavy atom. The fourth-order valence-electron chi connectivity index (χ4n) is 9.08. The first-order valence-corrected chi connectivity index (χ1v) is 20.7. The van der Waals surface area contributed by atoms with Gasteiger partial charge in [-0.05, 0) is 61.4 Å². The predicted molar refractivity (Wildman–Crippen MR) is 222 cm³/mol. The number of rotatable bonds is 10. The molecule has 316 valence electrons. The lowest BCUT2D eigenvalue weighted by molar-refractivity contribution is -0.135. The first-order valence-electron chi connectivity index (χ1n) is 20.7. The maximum absolute atomic E-state index is 14.0. The average molecular weight is 829 g/mol. The summed E-state index contributed by atoms with van der Waals surface area (Å²) in [6, 6.07) is 15.2. The molecule has 0 bridgehead atoms. The molecule has 0 saturated carbocycles. The first-order chi connectivity index (χ1) is 29.6. The van der Waals surface area contributed by atoms with Crippen molar-refractivity contribution in [3.8, 4) is 45.1 Å². The van der Waals surface area contributed by atoms with E-state index in [1.165, 1.54) is 14.2 Å². The molecule has 4 amide bonds. The lowest BCUT2D eigenvalue weighted by atomic mass is 9.87. The predicted octanol–water partition coefficient (Wildman–Crippen LogP) is 6.72. The van der Waals surface area contributed by atoms with E-state index in [1.807, 2.05) is 56.3 Å². The number of aromatic amines is 2. The molecule has 6 heterocycles. The van der Waals surface area contributed by atoms with E-state index in [4.69, 9.17) is 28.9 Å². The molecule has 0 spiro atoms. The van der Waals surface area contributed by atoms with Gasteiger partial charge in [-0.3, -0.25) is 9.59 Å². The molecule has 3 aromatic carbocycles. The first kappa shape index (κ1) is 39.6. The van der Waals surface area contributed by atoms with Crippen molar-refractivity contribution in [1.29, 1.82) is 0 Å². The van der Waals surface area contributed by atoms with Crippen LogP contribution in [-0.2, 0) is 32.3 Å². The molecular formula is C45H48N8O8. The van der Waals surface area contributed by atoms with E-state index >= 15 is 0 Å². The van der Waals surface area contributed by atoms with E-state index in [-0.39, 0.29) is 29.8 Å². The molecule has 4 atom stereocenters. The highest BCUT2D eigenvalue weighted by Gasteiger charge is 2.39. The van der Waals surface area contributed by atoms with Crippen molar-refractivity contribution in [3.05, 3.63) is 95.3 Å². The summed E-state index contributed by atoms with van der Waals surface area (Å²) in [6.45, 7) is 5.55. The van der Waals surface area contributed by atoms with Crippen LogP contribution >= 0.6 is 0 Å². The number of alkyl carbamates (subject to hydrolysis) is 2. The molecule has 0 radical (unpaired) electrons. The molecule has 4 N–H and O–H groups in total. The molecule has 4 aliphatic rings. The maximum atomic E-state index is 14.0. The van der Waals surface area contributed by atoms with Gasteiger partial charge in [0, 0.05) is 46.5 Å². The number of methoxy groups -OCH3 is 2. The number of H-pyrrole nitrogens is 2. The van der Waals surface area contributed by atoms with Gasteiger partial charge < -0.3 is 49.3 Å². The van der Waals surface area contributed by atoms with Gasteiger partial charge >= 0.3 is 12.2 Å². The second kappa shape index (κ2) is 16.3. The van der Waals surface area contributed by atoms with Gasteiger partial charge in [-0.25, -0.2) is 19.6 Å². The van der Waals surface area contributed by atoms with Crippen molar-refractivity contribution in [3.63, 3.8) is 0 Å². The van der Waals surface area contributed by atoms with Crippen molar-refractivity contribution in [2.45, 2.75) is 76.9 Å². The van der Waals surface area contributed by atoms with E-state index in [1.54, 1.807) is 22.2 Å². The molecule has 4 unspecified atom stereocenters. The molecule has 2 saturated heterocycles. The van der Waals surface area contributed by atoms with Crippen LogP contribution in [0.4, 0.5) is 9.59 Å². The van der Waals surface area contributed by atoms with Crippen LogP contribution in [0.1, 0.15) is 86.0 Å².